The minimum absolute atomic E-state index is 0.199. The maximum atomic E-state index is 12.3. The van der Waals surface area contributed by atoms with E-state index in [1.54, 1.807) is 0 Å². The molecule has 31 heavy (non-hydrogen) atoms. The number of aromatic nitrogens is 3. The van der Waals surface area contributed by atoms with Gasteiger partial charge in [-0.3, -0.25) is 9.78 Å². The van der Waals surface area contributed by atoms with Crippen molar-refractivity contribution in [3.05, 3.63) is 48.6 Å². The highest BCUT2D eigenvalue weighted by Crippen LogP contribution is 2.39. The number of carbonyl (C=O) groups excluding carboxylic acids is 1. The predicted molar refractivity (Wildman–Crippen MR) is 124 cm³/mol. The molecule has 0 aliphatic heterocycles. The molecule has 0 bridgehead atoms. The number of anilines is 1. The molecule has 0 unspecified atom stereocenters. The van der Waals surface area contributed by atoms with Crippen LogP contribution in [-0.4, -0.2) is 41.5 Å². The van der Waals surface area contributed by atoms with Gasteiger partial charge in [-0.25, -0.2) is 9.97 Å². The molecule has 4 rings (SSSR count). The lowest BCUT2D eigenvalue weighted by Gasteiger charge is -2.30. The molecule has 2 aliphatic rings. The minimum atomic E-state index is 0.199. The molecule has 2 heterocycles. The van der Waals surface area contributed by atoms with E-state index in [0.29, 0.717) is 24.2 Å². The van der Waals surface area contributed by atoms with Gasteiger partial charge < -0.3 is 10.2 Å². The zero-order valence-corrected chi connectivity index (χ0v) is 18.6. The highest BCUT2D eigenvalue weighted by Gasteiger charge is 2.27. The molecule has 6 heteroatoms. The fraction of sp³-hybridized carbons (Fsp3) is 0.520. The number of allylic oxidation sites excluding steroid dienone is 2. The molecule has 2 aromatic rings. The summed E-state index contributed by atoms with van der Waals surface area (Å²) < 4.78 is 0. The molecular weight excluding hydrogens is 386 g/mol. The Bertz CT molecular complexity index is 903. The number of carbonyl (C=O) groups is 1. The average molecular weight is 420 g/mol. The Morgan fingerprint density at radius 2 is 1.90 bits per heavy atom. The van der Waals surface area contributed by atoms with Crippen LogP contribution < -0.4 is 10.2 Å². The second-order valence-corrected chi connectivity index (χ2v) is 9.09. The van der Waals surface area contributed by atoms with Gasteiger partial charge >= 0.3 is 0 Å². The molecule has 2 aliphatic carbocycles. The molecule has 0 aromatic carbocycles. The second kappa shape index (κ2) is 10.0. The van der Waals surface area contributed by atoms with Crippen LogP contribution in [0.5, 0.6) is 0 Å². The Morgan fingerprint density at radius 1 is 1.13 bits per heavy atom. The maximum Gasteiger partial charge on any atom is 0.225 e. The Labute approximate surface area is 185 Å². The molecule has 1 N–H and O–H groups in total. The zero-order valence-electron chi connectivity index (χ0n) is 18.6. The predicted octanol–water partition coefficient (Wildman–Crippen LogP) is 4.35. The van der Waals surface area contributed by atoms with Crippen molar-refractivity contribution < 1.29 is 4.79 Å². The quantitative estimate of drug-likeness (QED) is 0.676. The standard InChI is InChI=1S/C25H33N5O/c1-30(2)25-28-17-22(20-11-13-26-14-12-20)24(29-25)21-9-7-19(8-10-21)16-27-23(31)15-18-5-3-4-6-18/h3,5,11-14,17-19,21H,4,6-10,15-16H2,1-2H3,(H,27,31)/t18-,19?,21?/m1/s1. The lowest BCUT2D eigenvalue weighted by atomic mass is 9.79. The van der Waals surface area contributed by atoms with Gasteiger partial charge in [-0.2, -0.15) is 0 Å². The summed E-state index contributed by atoms with van der Waals surface area (Å²) in [5.41, 5.74) is 3.36. The van der Waals surface area contributed by atoms with E-state index >= 15 is 0 Å². The van der Waals surface area contributed by atoms with Crippen molar-refractivity contribution >= 4 is 11.9 Å². The molecule has 0 spiro atoms. The molecule has 1 saturated carbocycles. The van der Waals surface area contributed by atoms with E-state index in [1.165, 1.54) is 0 Å². The number of nitrogens with zero attached hydrogens (tertiary/aromatic N) is 4. The summed E-state index contributed by atoms with van der Waals surface area (Å²) in [7, 11) is 3.96. The van der Waals surface area contributed by atoms with Gasteiger partial charge in [-0.05, 0) is 68.1 Å². The van der Waals surface area contributed by atoms with Gasteiger partial charge in [0.2, 0.25) is 11.9 Å². The molecule has 1 amide bonds. The summed E-state index contributed by atoms with van der Waals surface area (Å²) in [5.74, 6) is 2.36. The Morgan fingerprint density at radius 3 is 2.58 bits per heavy atom. The highest BCUT2D eigenvalue weighted by molar-refractivity contribution is 5.76. The first-order valence-electron chi connectivity index (χ1n) is 11.5. The van der Waals surface area contributed by atoms with Crippen LogP contribution in [0.4, 0.5) is 5.95 Å². The van der Waals surface area contributed by atoms with Crippen LogP contribution in [0.3, 0.4) is 0 Å². The van der Waals surface area contributed by atoms with Gasteiger partial charge in [-0.15, -0.1) is 0 Å². The molecule has 0 saturated heterocycles. The first-order chi connectivity index (χ1) is 15.1. The van der Waals surface area contributed by atoms with Gasteiger partial charge in [0, 0.05) is 57.1 Å². The molecular formula is C25H33N5O. The van der Waals surface area contributed by atoms with Crippen molar-refractivity contribution in [2.24, 2.45) is 11.8 Å². The van der Waals surface area contributed by atoms with Gasteiger partial charge in [-0.1, -0.05) is 12.2 Å². The van der Waals surface area contributed by atoms with Crippen molar-refractivity contribution in [1.29, 1.82) is 0 Å². The maximum absolute atomic E-state index is 12.3. The third-order valence-electron chi connectivity index (χ3n) is 6.58. The SMILES string of the molecule is CN(C)c1ncc(-c2ccncc2)c(C2CCC(CNC(=O)C[C@@H]3C=CCC3)CC2)n1. The van der Waals surface area contributed by atoms with Crippen LogP contribution >= 0.6 is 0 Å². The molecule has 1 atom stereocenters. The van der Waals surface area contributed by atoms with Gasteiger partial charge in [0.1, 0.15) is 0 Å². The van der Waals surface area contributed by atoms with Crippen LogP contribution in [0.15, 0.2) is 42.9 Å². The molecule has 164 valence electrons. The van der Waals surface area contributed by atoms with Crippen LogP contribution in [0.1, 0.15) is 56.6 Å². The summed E-state index contributed by atoms with van der Waals surface area (Å²) in [5, 5.41) is 3.18. The molecule has 1 fully saturated rings. The highest BCUT2D eigenvalue weighted by atomic mass is 16.1. The van der Waals surface area contributed by atoms with Crippen molar-refractivity contribution in [1.82, 2.24) is 20.3 Å². The third kappa shape index (κ3) is 5.49. The Hall–Kier alpha value is -2.76. The lowest BCUT2D eigenvalue weighted by Crippen LogP contribution is -2.32. The number of hydrogen-bond acceptors (Lipinski definition) is 5. The summed E-state index contributed by atoms with van der Waals surface area (Å²) in [6.45, 7) is 0.798. The average Bonchev–Trinajstić information content (AvgIpc) is 3.31. The van der Waals surface area contributed by atoms with E-state index in [2.05, 4.69) is 27.4 Å². The second-order valence-electron chi connectivity index (χ2n) is 9.09. The largest absolute Gasteiger partial charge is 0.356 e. The fourth-order valence-electron chi connectivity index (χ4n) is 4.74. The van der Waals surface area contributed by atoms with Crippen molar-refractivity contribution in [3.8, 4) is 11.1 Å². The first kappa shape index (κ1) is 21.5. The molecule has 0 radical (unpaired) electrons. The van der Waals surface area contributed by atoms with Crippen LogP contribution in [0.2, 0.25) is 0 Å². The minimum Gasteiger partial charge on any atom is -0.356 e. The van der Waals surface area contributed by atoms with E-state index in [9.17, 15) is 4.79 Å². The summed E-state index contributed by atoms with van der Waals surface area (Å²) >= 11 is 0. The number of rotatable bonds is 7. The smallest absolute Gasteiger partial charge is 0.225 e. The first-order valence-corrected chi connectivity index (χ1v) is 11.5. The van der Waals surface area contributed by atoms with E-state index in [1.807, 2.05) is 49.7 Å². The van der Waals surface area contributed by atoms with Crippen molar-refractivity contribution in [2.45, 2.75) is 50.9 Å². The van der Waals surface area contributed by atoms with Crippen LogP contribution in [-0.2, 0) is 4.79 Å². The normalized spacial score (nSPS) is 23.0. The van der Waals surface area contributed by atoms with Crippen molar-refractivity contribution in [3.63, 3.8) is 0 Å². The van der Waals surface area contributed by atoms with E-state index < -0.39 is 0 Å². The molecule has 6 nitrogen and oxygen atoms in total. The number of amides is 1. The van der Waals surface area contributed by atoms with Crippen LogP contribution in [0.25, 0.3) is 11.1 Å². The van der Waals surface area contributed by atoms with E-state index in [4.69, 9.17) is 4.98 Å². The van der Waals surface area contributed by atoms with Gasteiger partial charge in [0.25, 0.3) is 0 Å². The summed E-state index contributed by atoms with van der Waals surface area (Å²) in [6, 6.07) is 4.05. The lowest BCUT2D eigenvalue weighted by molar-refractivity contribution is -0.121. The monoisotopic (exact) mass is 419 g/mol. The van der Waals surface area contributed by atoms with E-state index in [0.717, 1.165) is 67.8 Å². The Balaban J connectivity index is 1.38. The zero-order chi connectivity index (χ0) is 21.6. The summed E-state index contributed by atoms with van der Waals surface area (Å²) in [6.07, 6.45) is 17.3. The van der Waals surface area contributed by atoms with Gasteiger partial charge in [0.05, 0.1) is 5.69 Å². The third-order valence-corrected chi connectivity index (χ3v) is 6.58. The number of pyridine rings is 1. The number of nitrogens with one attached hydrogen (secondary N) is 1. The van der Waals surface area contributed by atoms with Crippen LogP contribution in [0, 0.1) is 11.8 Å². The fourth-order valence-corrected chi connectivity index (χ4v) is 4.74. The summed E-state index contributed by atoms with van der Waals surface area (Å²) in [4.78, 5) is 27.9. The topological polar surface area (TPSA) is 71.0 Å². The number of hydrogen-bond donors (Lipinski definition) is 1. The van der Waals surface area contributed by atoms with E-state index in [-0.39, 0.29) is 5.91 Å². The Kier molecular flexibility index (Phi) is 6.95. The van der Waals surface area contributed by atoms with Gasteiger partial charge in [0.15, 0.2) is 0 Å². The van der Waals surface area contributed by atoms with Crippen molar-refractivity contribution in [2.75, 3.05) is 25.5 Å². The molecule has 2 aromatic heterocycles.